The highest BCUT2D eigenvalue weighted by atomic mass is 35.5. The van der Waals surface area contributed by atoms with E-state index in [4.69, 9.17) is 11.6 Å². The minimum atomic E-state index is -1.04. The summed E-state index contributed by atoms with van der Waals surface area (Å²) in [4.78, 5) is 27.0. The van der Waals surface area contributed by atoms with Crippen LogP contribution in [0.3, 0.4) is 0 Å². The molecule has 0 saturated carbocycles. The van der Waals surface area contributed by atoms with Crippen molar-refractivity contribution in [1.82, 2.24) is 0 Å². The lowest BCUT2D eigenvalue weighted by molar-refractivity contribution is -0.118. The quantitative estimate of drug-likeness (QED) is 0.577. The van der Waals surface area contributed by atoms with E-state index in [2.05, 4.69) is 0 Å². The first-order valence-electron chi connectivity index (χ1n) is 8.47. The summed E-state index contributed by atoms with van der Waals surface area (Å²) in [6, 6.07) is 18.5. The molecule has 1 heterocycles. The molecule has 0 unspecified atom stereocenters. The molecule has 138 valence electrons. The van der Waals surface area contributed by atoms with Gasteiger partial charge in [0.2, 0.25) is 5.91 Å². The molecule has 1 aromatic heterocycles. The van der Waals surface area contributed by atoms with Crippen LogP contribution in [0.2, 0.25) is 5.02 Å². The number of thiophene rings is 1. The molecule has 3 aromatic rings. The van der Waals surface area contributed by atoms with Gasteiger partial charge in [-0.2, -0.15) is 0 Å². The maximum absolute atomic E-state index is 12.6. The van der Waals surface area contributed by atoms with Gasteiger partial charge in [-0.25, -0.2) is 4.79 Å². The van der Waals surface area contributed by atoms with Crippen molar-refractivity contribution >= 4 is 40.5 Å². The highest BCUT2D eigenvalue weighted by molar-refractivity contribution is 7.18. The third kappa shape index (κ3) is 4.38. The summed E-state index contributed by atoms with van der Waals surface area (Å²) in [7, 11) is 0. The van der Waals surface area contributed by atoms with Crippen LogP contribution < -0.4 is 4.90 Å². The van der Waals surface area contributed by atoms with Gasteiger partial charge in [0.05, 0.1) is 12.2 Å². The van der Waals surface area contributed by atoms with Crippen LogP contribution in [0.25, 0.3) is 10.4 Å². The first kappa shape index (κ1) is 19.1. The second-order valence-corrected chi connectivity index (χ2v) is 7.45. The second-order valence-electron chi connectivity index (χ2n) is 5.96. The Morgan fingerprint density at radius 2 is 1.81 bits per heavy atom. The molecule has 0 bridgehead atoms. The maximum Gasteiger partial charge on any atom is 0.348 e. The predicted molar refractivity (Wildman–Crippen MR) is 110 cm³/mol. The average Bonchev–Trinajstić information content (AvgIpc) is 3.12. The number of hydrogen-bond donors (Lipinski definition) is 1. The topological polar surface area (TPSA) is 57.6 Å². The minimum Gasteiger partial charge on any atom is -0.477 e. The smallest absolute Gasteiger partial charge is 0.348 e. The van der Waals surface area contributed by atoms with E-state index in [0.29, 0.717) is 10.7 Å². The summed E-state index contributed by atoms with van der Waals surface area (Å²) >= 11 is 7.23. The van der Waals surface area contributed by atoms with Crippen molar-refractivity contribution in [3.8, 4) is 10.4 Å². The molecule has 27 heavy (non-hydrogen) atoms. The summed E-state index contributed by atoms with van der Waals surface area (Å²) < 4.78 is 0. The summed E-state index contributed by atoms with van der Waals surface area (Å²) in [5.74, 6) is -1.19. The molecule has 0 spiro atoms. The van der Waals surface area contributed by atoms with Crippen LogP contribution in [0.4, 0.5) is 5.69 Å². The van der Waals surface area contributed by atoms with Crippen molar-refractivity contribution in [3.05, 3.63) is 76.1 Å². The van der Waals surface area contributed by atoms with E-state index in [1.54, 1.807) is 25.1 Å². The fourth-order valence-corrected chi connectivity index (χ4v) is 4.01. The molecule has 0 radical (unpaired) electrons. The Bertz CT molecular complexity index is 969. The lowest BCUT2D eigenvalue weighted by Crippen LogP contribution is -2.30. The molecule has 3 rings (SSSR count). The van der Waals surface area contributed by atoms with Crippen LogP contribution in [-0.4, -0.2) is 17.0 Å². The zero-order chi connectivity index (χ0) is 19.4. The van der Waals surface area contributed by atoms with Gasteiger partial charge in [-0.05, 0) is 29.3 Å². The van der Waals surface area contributed by atoms with Gasteiger partial charge in [0.15, 0.2) is 0 Å². The van der Waals surface area contributed by atoms with E-state index in [1.807, 2.05) is 42.5 Å². The van der Waals surface area contributed by atoms with E-state index in [1.165, 1.54) is 16.2 Å². The Labute approximate surface area is 166 Å². The van der Waals surface area contributed by atoms with E-state index < -0.39 is 5.97 Å². The monoisotopic (exact) mass is 399 g/mol. The molecule has 0 aliphatic heterocycles. The van der Waals surface area contributed by atoms with Gasteiger partial charge in [-0.15, -0.1) is 11.3 Å². The normalized spacial score (nSPS) is 10.6. The average molecular weight is 400 g/mol. The number of halogens is 1. The van der Waals surface area contributed by atoms with Crippen molar-refractivity contribution in [2.75, 3.05) is 4.90 Å². The number of aromatic carboxylic acids is 1. The Balaban J connectivity index is 2.06. The third-order valence-electron chi connectivity index (χ3n) is 4.09. The van der Waals surface area contributed by atoms with Crippen LogP contribution in [0.15, 0.2) is 60.7 Å². The Kier molecular flexibility index (Phi) is 5.94. The second kappa shape index (κ2) is 8.37. The number of amides is 1. The number of carbonyl (C=O) groups excluding carboxylic acids is 1. The summed E-state index contributed by atoms with van der Waals surface area (Å²) in [6.45, 7) is 2.02. The molecular weight excluding hydrogens is 382 g/mol. The molecule has 2 aromatic carbocycles. The van der Waals surface area contributed by atoms with Crippen LogP contribution in [0.5, 0.6) is 0 Å². The van der Waals surface area contributed by atoms with Crippen molar-refractivity contribution in [3.63, 3.8) is 0 Å². The first-order chi connectivity index (χ1) is 13.0. The number of carboxylic acids is 1. The number of rotatable bonds is 6. The number of anilines is 1. The molecular formula is C21H18ClNO3S. The molecule has 4 nitrogen and oxygen atoms in total. The zero-order valence-corrected chi connectivity index (χ0v) is 16.3. The standard InChI is InChI=1S/C21H18ClNO3S/c1-2-19(24)23(13-14-7-6-10-16(22)11-14)17-12-18(27-20(17)21(25)26)15-8-4-3-5-9-15/h3-12H,2,13H2,1H3,(H,25,26). The zero-order valence-electron chi connectivity index (χ0n) is 14.7. The molecule has 0 aliphatic carbocycles. The highest BCUT2D eigenvalue weighted by Crippen LogP contribution is 2.37. The number of carbonyl (C=O) groups is 2. The van der Waals surface area contributed by atoms with Gasteiger partial charge in [-0.1, -0.05) is 61.0 Å². The Morgan fingerprint density at radius 1 is 1.07 bits per heavy atom. The lowest BCUT2D eigenvalue weighted by Gasteiger charge is -2.22. The Hall–Kier alpha value is -2.63. The lowest BCUT2D eigenvalue weighted by atomic mass is 10.1. The van der Waals surface area contributed by atoms with Crippen LogP contribution in [0.1, 0.15) is 28.6 Å². The fourth-order valence-electron chi connectivity index (χ4n) is 2.80. The van der Waals surface area contributed by atoms with Crippen molar-refractivity contribution in [2.45, 2.75) is 19.9 Å². The molecule has 0 fully saturated rings. The van der Waals surface area contributed by atoms with Crippen molar-refractivity contribution in [1.29, 1.82) is 0 Å². The summed E-state index contributed by atoms with van der Waals surface area (Å²) in [5.41, 5.74) is 2.18. The molecule has 1 N–H and O–H groups in total. The highest BCUT2D eigenvalue weighted by Gasteiger charge is 2.24. The van der Waals surface area contributed by atoms with E-state index >= 15 is 0 Å². The number of nitrogens with zero attached hydrogens (tertiary/aromatic N) is 1. The van der Waals surface area contributed by atoms with Gasteiger partial charge in [0.25, 0.3) is 0 Å². The SMILES string of the molecule is CCC(=O)N(Cc1cccc(Cl)c1)c1cc(-c2ccccc2)sc1C(=O)O. The number of hydrogen-bond acceptors (Lipinski definition) is 3. The fraction of sp³-hybridized carbons (Fsp3) is 0.143. The van der Waals surface area contributed by atoms with Gasteiger partial charge in [0.1, 0.15) is 4.88 Å². The first-order valence-corrected chi connectivity index (χ1v) is 9.66. The largest absolute Gasteiger partial charge is 0.477 e. The van der Waals surface area contributed by atoms with Gasteiger partial charge >= 0.3 is 5.97 Å². The number of benzene rings is 2. The van der Waals surface area contributed by atoms with Gasteiger partial charge < -0.3 is 10.0 Å². The predicted octanol–water partition coefficient (Wildman–Crippen LogP) is 5.71. The Morgan fingerprint density at radius 3 is 2.44 bits per heavy atom. The maximum atomic E-state index is 12.6. The van der Waals surface area contributed by atoms with Crippen LogP contribution in [0, 0.1) is 0 Å². The van der Waals surface area contributed by atoms with E-state index in [9.17, 15) is 14.7 Å². The molecule has 6 heteroatoms. The van der Waals surface area contributed by atoms with Crippen molar-refractivity contribution in [2.24, 2.45) is 0 Å². The van der Waals surface area contributed by atoms with Gasteiger partial charge in [-0.3, -0.25) is 4.79 Å². The molecule has 0 atom stereocenters. The number of carboxylic acid groups (broad SMARTS) is 1. The molecule has 1 amide bonds. The molecule has 0 saturated heterocycles. The van der Waals surface area contributed by atoms with Crippen LogP contribution in [-0.2, 0) is 11.3 Å². The van der Waals surface area contributed by atoms with Crippen LogP contribution >= 0.6 is 22.9 Å². The summed E-state index contributed by atoms with van der Waals surface area (Å²) in [6.07, 6.45) is 0.274. The third-order valence-corrected chi connectivity index (χ3v) is 5.49. The van der Waals surface area contributed by atoms with Crippen molar-refractivity contribution < 1.29 is 14.7 Å². The van der Waals surface area contributed by atoms with E-state index in [0.717, 1.165) is 16.0 Å². The summed E-state index contributed by atoms with van der Waals surface area (Å²) in [5, 5.41) is 10.3. The van der Waals surface area contributed by atoms with Gasteiger partial charge in [0, 0.05) is 16.3 Å². The van der Waals surface area contributed by atoms with E-state index in [-0.39, 0.29) is 23.7 Å². The molecule has 0 aliphatic rings. The minimum absolute atomic E-state index is 0.144.